The molecule has 0 aliphatic rings. The van der Waals surface area contributed by atoms with Crippen molar-refractivity contribution in [2.24, 2.45) is 0 Å². The molecule has 4 aromatic rings. The summed E-state index contributed by atoms with van der Waals surface area (Å²) in [5, 5.41) is 3.05. The molecule has 0 spiro atoms. The number of anilines is 1. The Morgan fingerprint density at radius 2 is 1.43 bits per heavy atom. The van der Waals surface area contributed by atoms with E-state index in [1.807, 2.05) is 61.5 Å². The van der Waals surface area contributed by atoms with Gasteiger partial charge in [-0.2, -0.15) is 0 Å². The number of carbonyl (C=O) groups is 1. The van der Waals surface area contributed by atoms with Gasteiger partial charge in [0.05, 0.1) is 16.6 Å². The molecule has 4 aromatic carbocycles. The van der Waals surface area contributed by atoms with Crippen molar-refractivity contribution >= 4 is 37.5 Å². The summed E-state index contributed by atoms with van der Waals surface area (Å²) < 4.78 is 29.0. The largest absolute Gasteiger partial charge is 0.344 e. The Kier molecular flexibility index (Phi) is 7.68. The zero-order valence-electron chi connectivity index (χ0n) is 19.1. The highest BCUT2D eigenvalue weighted by molar-refractivity contribution is 9.10. The lowest BCUT2D eigenvalue weighted by Crippen LogP contribution is -2.42. The molecule has 1 amide bonds. The van der Waals surface area contributed by atoms with E-state index >= 15 is 0 Å². The molecular formula is C28H25BrN2O3S. The quantitative estimate of drug-likeness (QED) is 0.300. The summed E-state index contributed by atoms with van der Waals surface area (Å²) in [4.78, 5) is 13.5. The number of amides is 1. The van der Waals surface area contributed by atoms with Gasteiger partial charge in [-0.1, -0.05) is 100 Å². The molecule has 1 atom stereocenters. The molecule has 35 heavy (non-hydrogen) atoms. The lowest BCUT2D eigenvalue weighted by Gasteiger charge is -2.26. The molecule has 1 N–H and O–H groups in total. The molecule has 0 saturated heterocycles. The first-order valence-corrected chi connectivity index (χ1v) is 13.3. The molecule has 4 rings (SSSR count). The van der Waals surface area contributed by atoms with Crippen molar-refractivity contribution in [1.82, 2.24) is 5.32 Å². The minimum atomic E-state index is -3.98. The summed E-state index contributed by atoms with van der Waals surface area (Å²) in [6.45, 7) is 1.63. The lowest BCUT2D eigenvalue weighted by atomic mass is 9.98. The maximum atomic E-state index is 13.6. The Morgan fingerprint density at radius 3 is 2.06 bits per heavy atom. The average Bonchev–Trinajstić information content (AvgIpc) is 2.87. The van der Waals surface area contributed by atoms with E-state index in [9.17, 15) is 13.2 Å². The van der Waals surface area contributed by atoms with Gasteiger partial charge in [0.2, 0.25) is 5.91 Å². The van der Waals surface area contributed by atoms with Crippen LogP contribution in [0.15, 0.2) is 119 Å². The second kappa shape index (κ2) is 10.9. The monoisotopic (exact) mass is 548 g/mol. The van der Waals surface area contributed by atoms with Crippen LogP contribution in [-0.4, -0.2) is 20.9 Å². The van der Waals surface area contributed by atoms with Crippen LogP contribution in [0.5, 0.6) is 0 Å². The standard InChI is InChI=1S/C28H25BrN2O3S/c1-21-15-17-23(18-16-21)28(22-9-4-2-5-10-22)30-27(32)20-31(25-12-8-11-24(29)19-25)35(33,34)26-13-6-3-7-14-26/h2-19,28H,20H2,1H3,(H,30,32)/t28-/m0/s1. The van der Waals surface area contributed by atoms with E-state index in [-0.39, 0.29) is 11.4 Å². The summed E-state index contributed by atoms with van der Waals surface area (Å²) in [6, 6.07) is 32.2. The van der Waals surface area contributed by atoms with Crippen LogP contribution in [0.2, 0.25) is 0 Å². The third kappa shape index (κ3) is 5.99. The van der Waals surface area contributed by atoms with Crippen molar-refractivity contribution < 1.29 is 13.2 Å². The molecule has 0 aliphatic heterocycles. The van der Waals surface area contributed by atoms with E-state index < -0.39 is 22.0 Å². The summed E-state index contributed by atoms with van der Waals surface area (Å²) in [5.74, 6) is -0.418. The van der Waals surface area contributed by atoms with Crippen LogP contribution in [0.1, 0.15) is 22.7 Å². The van der Waals surface area contributed by atoms with E-state index in [1.54, 1.807) is 42.5 Å². The number of halogens is 1. The fourth-order valence-electron chi connectivity index (χ4n) is 3.77. The summed E-state index contributed by atoms with van der Waals surface area (Å²) in [6.07, 6.45) is 0. The van der Waals surface area contributed by atoms with Crippen LogP contribution < -0.4 is 9.62 Å². The highest BCUT2D eigenvalue weighted by atomic mass is 79.9. The number of carbonyl (C=O) groups excluding carboxylic acids is 1. The van der Waals surface area contributed by atoms with Gasteiger partial charge in [0.15, 0.2) is 0 Å². The fourth-order valence-corrected chi connectivity index (χ4v) is 5.59. The first-order valence-electron chi connectivity index (χ1n) is 11.1. The minimum Gasteiger partial charge on any atom is -0.344 e. The number of hydrogen-bond acceptors (Lipinski definition) is 3. The highest BCUT2D eigenvalue weighted by Gasteiger charge is 2.28. The summed E-state index contributed by atoms with van der Waals surface area (Å²) in [5.41, 5.74) is 3.33. The fraction of sp³-hybridized carbons (Fsp3) is 0.107. The molecule has 0 aliphatic carbocycles. The Labute approximate surface area is 214 Å². The first kappa shape index (κ1) is 24.7. The Hall–Kier alpha value is -3.42. The zero-order chi connectivity index (χ0) is 24.8. The second-order valence-electron chi connectivity index (χ2n) is 8.13. The number of aryl methyl sites for hydroxylation is 1. The Morgan fingerprint density at radius 1 is 0.829 bits per heavy atom. The van der Waals surface area contributed by atoms with Crippen LogP contribution in [0.25, 0.3) is 0 Å². The van der Waals surface area contributed by atoms with Crippen LogP contribution >= 0.6 is 15.9 Å². The van der Waals surface area contributed by atoms with Gasteiger partial charge in [-0.25, -0.2) is 8.42 Å². The molecule has 5 nitrogen and oxygen atoms in total. The van der Waals surface area contributed by atoms with Crippen molar-refractivity contribution in [1.29, 1.82) is 0 Å². The zero-order valence-corrected chi connectivity index (χ0v) is 21.5. The van der Waals surface area contributed by atoms with Crippen molar-refractivity contribution in [3.63, 3.8) is 0 Å². The number of benzene rings is 4. The van der Waals surface area contributed by atoms with Crippen LogP contribution in [0.3, 0.4) is 0 Å². The molecular weight excluding hydrogens is 524 g/mol. The third-order valence-electron chi connectivity index (χ3n) is 5.56. The van der Waals surface area contributed by atoms with Crippen molar-refractivity contribution in [3.8, 4) is 0 Å². The predicted octanol–water partition coefficient (Wildman–Crippen LogP) is 5.86. The smallest absolute Gasteiger partial charge is 0.264 e. The molecule has 0 bridgehead atoms. The van der Waals surface area contributed by atoms with Gasteiger partial charge in [0.25, 0.3) is 10.0 Å². The third-order valence-corrected chi connectivity index (χ3v) is 7.84. The lowest BCUT2D eigenvalue weighted by molar-refractivity contribution is -0.120. The normalized spacial score (nSPS) is 12.1. The van der Waals surface area contributed by atoms with Gasteiger partial charge in [0.1, 0.15) is 6.54 Å². The number of nitrogens with zero attached hydrogens (tertiary/aromatic N) is 1. The SMILES string of the molecule is Cc1ccc([C@@H](NC(=O)CN(c2cccc(Br)c2)S(=O)(=O)c2ccccc2)c2ccccc2)cc1. The van der Waals surface area contributed by atoms with E-state index in [4.69, 9.17) is 0 Å². The molecule has 0 unspecified atom stereocenters. The molecule has 7 heteroatoms. The average molecular weight is 549 g/mol. The minimum absolute atomic E-state index is 0.117. The predicted molar refractivity (Wildman–Crippen MR) is 143 cm³/mol. The van der Waals surface area contributed by atoms with Crippen molar-refractivity contribution in [3.05, 3.63) is 130 Å². The van der Waals surface area contributed by atoms with Gasteiger partial charge in [0, 0.05) is 4.47 Å². The molecule has 178 valence electrons. The summed E-state index contributed by atoms with van der Waals surface area (Å²) in [7, 11) is -3.98. The van der Waals surface area contributed by atoms with Gasteiger partial charge in [-0.15, -0.1) is 0 Å². The first-order chi connectivity index (χ1) is 16.8. The number of hydrogen-bond donors (Lipinski definition) is 1. The number of sulfonamides is 1. The van der Waals surface area contributed by atoms with Crippen LogP contribution in [0, 0.1) is 6.92 Å². The van der Waals surface area contributed by atoms with Gasteiger partial charge in [-0.05, 0) is 48.4 Å². The van der Waals surface area contributed by atoms with Gasteiger partial charge in [-0.3, -0.25) is 9.10 Å². The molecule has 0 fully saturated rings. The number of nitrogens with one attached hydrogen (secondary N) is 1. The van der Waals surface area contributed by atoms with Gasteiger partial charge < -0.3 is 5.32 Å². The van der Waals surface area contributed by atoms with Crippen molar-refractivity contribution in [2.45, 2.75) is 17.9 Å². The topological polar surface area (TPSA) is 66.5 Å². The molecule has 0 saturated carbocycles. The van der Waals surface area contributed by atoms with Crippen LogP contribution in [0.4, 0.5) is 5.69 Å². The van der Waals surface area contributed by atoms with E-state index in [0.717, 1.165) is 21.0 Å². The van der Waals surface area contributed by atoms with E-state index in [1.165, 1.54) is 12.1 Å². The highest BCUT2D eigenvalue weighted by Crippen LogP contribution is 2.27. The van der Waals surface area contributed by atoms with E-state index in [0.29, 0.717) is 10.2 Å². The van der Waals surface area contributed by atoms with E-state index in [2.05, 4.69) is 21.2 Å². The Bertz CT molecular complexity index is 1390. The summed E-state index contributed by atoms with van der Waals surface area (Å²) >= 11 is 3.40. The maximum absolute atomic E-state index is 13.6. The molecule has 0 aromatic heterocycles. The Balaban J connectivity index is 1.68. The second-order valence-corrected chi connectivity index (χ2v) is 10.9. The molecule has 0 heterocycles. The maximum Gasteiger partial charge on any atom is 0.264 e. The molecule has 0 radical (unpaired) electrons. The number of rotatable bonds is 8. The van der Waals surface area contributed by atoms with Crippen LogP contribution in [-0.2, 0) is 14.8 Å². The van der Waals surface area contributed by atoms with Gasteiger partial charge >= 0.3 is 0 Å². The van der Waals surface area contributed by atoms with Crippen molar-refractivity contribution in [2.75, 3.05) is 10.8 Å².